The van der Waals surface area contributed by atoms with Gasteiger partial charge in [-0.25, -0.2) is 13.1 Å². The first-order chi connectivity index (χ1) is 9.44. The summed E-state index contributed by atoms with van der Waals surface area (Å²) in [5.41, 5.74) is 0.295. The van der Waals surface area contributed by atoms with E-state index >= 15 is 0 Å². The van der Waals surface area contributed by atoms with Crippen LogP contribution in [0.1, 0.15) is 5.56 Å². The number of halogens is 1. The van der Waals surface area contributed by atoms with E-state index < -0.39 is 16.1 Å². The second-order valence-corrected chi connectivity index (χ2v) is 6.06. The monoisotopic (exact) mass is 318 g/mol. The second kappa shape index (κ2) is 7.57. The predicted octanol–water partition coefficient (Wildman–Crippen LogP) is 1.15. The zero-order valence-corrected chi connectivity index (χ0v) is 12.7. The first-order valence-corrected chi connectivity index (χ1v) is 7.51. The molecule has 0 radical (unpaired) electrons. The Bertz CT molecular complexity index is 598. The fourth-order valence-corrected chi connectivity index (χ4v) is 3.07. The third kappa shape index (κ3) is 4.44. The molecule has 6 nitrogen and oxygen atoms in total. The van der Waals surface area contributed by atoms with Crippen LogP contribution < -0.4 is 4.72 Å². The maximum Gasteiger partial charge on any atom is 0.242 e. The van der Waals surface area contributed by atoms with E-state index in [1.807, 2.05) is 6.07 Å². The minimum Gasteiger partial charge on any atom is -0.382 e. The molecule has 0 aliphatic heterocycles. The van der Waals surface area contributed by atoms with Gasteiger partial charge >= 0.3 is 0 Å². The maximum absolute atomic E-state index is 12.1. The summed E-state index contributed by atoms with van der Waals surface area (Å²) in [5.74, 6) is 0. The Hall–Kier alpha value is -1.17. The van der Waals surface area contributed by atoms with E-state index in [9.17, 15) is 8.42 Å². The number of hydrogen-bond donors (Lipinski definition) is 1. The van der Waals surface area contributed by atoms with E-state index in [0.29, 0.717) is 5.56 Å². The van der Waals surface area contributed by atoms with Crippen molar-refractivity contribution >= 4 is 21.6 Å². The molecule has 0 aromatic heterocycles. The molecular formula is C12H15ClN2O4S. The van der Waals surface area contributed by atoms with Crippen molar-refractivity contribution in [3.63, 3.8) is 0 Å². The van der Waals surface area contributed by atoms with E-state index in [4.69, 9.17) is 26.3 Å². The summed E-state index contributed by atoms with van der Waals surface area (Å²) in [5, 5.41) is 8.72. The summed E-state index contributed by atoms with van der Waals surface area (Å²) >= 11 is 5.88. The molecule has 0 heterocycles. The van der Waals surface area contributed by atoms with Crippen molar-refractivity contribution in [1.82, 2.24) is 4.72 Å². The standard InChI is InChI=1S/C12H15ClN2O4S/c1-18-8-10(19-2)7-15-20(16,17)12-4-3-9(6-14)5-11(12)13/h3-5,10,15H,7-8H2,1-2H3. The summed E-state index contributed by atoms with van der Waals surface area (Å²) in [4.78, 5) is -0.0783. The maximum atomic E-state index is 12.1. The molecule has 8 heteroatoms. The lowest BCUT2D eigenvalue weighted by molar-refractivity contribution is 0.0320. The highest BCUT2D eigenvalue weighted by Gasteiger charge is 2.20. The molecule has 0 amide bonds. The highest BCUT2D eigenvalue weighted by atomic mass is 35.5. The minimum absolute atomic E-state index is 0.00254. The molecule has 0 saturated carbocycles. The van der Waals surface area contributed by atoms with Crippen LogP contribution in [0.15, 0.2) is 23.1 Å². The first-order valence-electron chi connectivity index (χ1n) is 5.65. The smallest absolute Gasteiger partial charge is 0.242 e. The Morgan fingerprint density at radius 3 is 2.65 bits per heavy atom. The molecule has 20 heavy (non-hydrogen) atoms. The zero-order chi connectivity index (χ0) is 15.2. The molecule has 0 aliphatic carbocycles. The molecule has 1 N–H and O–H groups in total. The van der Waals surface area contributed by atoms with E-state index in [1.54, 1.807) is 0 Å². The van der Waals surface area contributed by atoms with Crippen LogP contribution in [0.4, 0.5) is 0 Å². The van der Waals surface area contributed by atoms with Crippen LogP contribution in [0, 0.1) is 11.3 Å². The van der Waals surface area contributed by atoms with Crippen LogP contribution in [0.3, 0.4) is 0 Å². The normalized spacial score (nSPS) is 12.9. The largest absolute Gasteiger partial charge is 0.382 e. The van der Waals surface area contributed by atoms with Crippen molar-refractivity contribution in [2.75, 3.05) is 27.4 Å². The third-order valence-electron chi connectivity index (χ3n) is 2.54. The van der Waals surface area contributed by atoms with Gasteiger partial charge in [-0.05, 0) is 18.2 Å². The predicted molar refractivity (Wildman–Crippen MR) is 74.0 cm³/mol. The van der Waals surface area contributed by atoms with Crippen LogP contribution in [0.5, 0.6) is 0 Å². The molecule has 0 fully saturated rings. The molecule has 1 rings (SSSR count). The van der Waals surface area contributed by atoms with Crippen molar-refractivity contribution < 1.29 is 17.9 Å². The second-order valence-electron chi connectivity index (χ2n) is 3.92. The Labute approximate surface area is 123 Å². The Morgan fingerprint density at radius 2 is 2.15 bits per heavy atom. The lowest BCUT2D eigenvalue weighted by Gasteiger charge is -2.15. The summed E-state index contributed by atoms with van der Waals surface area (Å²) in [6, 6.07) is 5.88. The van der Waals surface area contributed by atoms with Crippen molar-refractivity contribution in [1.29, 1.82) is 5.26 Å². The van der Waals surface area contributed by atoms with Gasteiger partial charge in [0.1, 0.15) is 4.90 Å². The average Bonchev–Trinajstić information content (AvgIpc) is 2.42. The van der Waals surface area contributed by atoms with Crippen molar-refractivity contribution in [3.8, 4) is 6.07 Å². The lowest BCUT2D eigenvalue weighted by atomic mass is 10.2. The number of nitrogens with one attached hydrogen (secondary N) is 1. The highest BCUT2D eigenvalue weighted by molar-refractivity contribution is 7.89. The number of sulfonamides is 1. The van der Waals surface area contributed by atoms with E-state index in [2.05, 4.69) is 4.72 Å². The van der Waals surface area contributed by atoms with Crippen LogP contribution in [0.2, 0.25) is 5.02 Å². The summed E-state index contributed by atoms with van der Waals surface area (Å²) in [6.45, 7) is 0.323. The fourth-order valence-electron chi connectivity index (χ4n) is 1.46. The summed E-state index contributed by atoms with van der Waals surface area (Å²) in [7, 11) is -0.803. The molecule has 110 valence electrons. The molecule has 1 atom stereocenters. The Balaban J connectivity index is 2.87. The minimum atomic E-state index is -3.77. The zero-order valence-electron chi connectivity index (χ0n) is 11.1. The van der Waals surface area contributed by atoms with Crippen LogP contribution >= 0.6 is 11.6 Å². The van der Waals surface area contributed by atoms with Gasteiger partial charge in [-0.1, -0.05) is 11.6 Å². The number of nitrogens with zero attached hydrogens (tertiary/aromatic N) is 1. The molecule has 0 spiro atoms. The van der Waals surface area contributed by atoms with E-state index in [1.165, 1.54) is 32.4 Å². The van der Waals surface area contributed by atoms with Gasteiger partial charge in [-0.15, -0.1) is 0 Å². The van der Waals surface area contributed by atoms with E-state index in [0.717, 1.165) is 0 Å². The Morgan fingerprint density at radius 1 is 1.45 bits per heavy atom. The van der Waals surface area contributed by atoms with Gasteiger partial charge in [-0.2, -0.15) is 5.26 Å². The van der Waals surface area contributed by atoms with E-state index in [-0.39, 0.29) is 23.1 Å². The van der Waals surface area contributed by atoms with Crippen molar-refractivity contribution in [2.24, 2.45) is 0 Å². The summed E-state index contributed by atoms with van der Waals surface area (Å²) in [6.07, 6.45) is -0.396. The molecule has 1 unspecified atom stereocenters. The van der Waals surface area contributed by atoms with Crippen LogP contribution in [-0.4, -0.2) is 41.9 Å². The van der Waals surface area contributed by atoms with Gasteiger partial charge < -0.3 is 9.47 Å². The third-order valence-corrected chi connectivity index (χ3v) is 4.44. The molecule has 0 aliphatic rings. The van der Waals surface area contributed by atoms with Crippen molar-refractivity contribution in [2.45, 2.75) is 11.0 Å². The van der Waals surface area contributed by atoms with Crippen LogP contribution in [0.25, 0.3) is 0 Å². The molecule has 0 bridgehead atoms. The SMILES string of the molecule is COCC(CNS(=O)(=O)c1ccc(C#N)cc1Cl)OC. The number of rotatable bonds is 7. The number of ether oxygens (including phenoxy) is 2. The topological polar surface area (TPSA) is 88.4 Å². The molecular weight excluding hydrogens is 304 g/mol. The number of nitriles is 1. The van der Waals surface area contributed by atoms with Crippen LogP contribution in [-0.2, 0) is 19.5 Å². The summed E-state index contributed by atoms with van der Waals surface area (Å²) < 4.78 is 36.6. The molecule has 0 saturated heterocycles. The van der Waals surface area contributed by atoms with Gasteiger partial charge in [0.2, 0.25) is 10.0 Å². The number of hydrogen-bond acceptors (Lipinski definition) is 5. The number of benzene rings is 1. The molecule has 1 aromatic rings. The van der Waals surface area contributed by atoms with Gasteiger partial charge in [0.15, 0.2) is 0 Å². The average molecular weight is 319 g/mol. The molecule has 1 aromatic carbocycles. The van der Waals surface area contributed by atoms with Crippen molar-refractivity contribution in [3.05, 3.63) is 28.8 Å². The number of methoxy groups -OCH3 is 2. The van der Waals surface area contributed by atoms with Gasteiger partial charge in [-0.3, -0.25) is 0 Å². The quantitative estimate of drug-likeness (QED) is 0.814. The van der Waals surface area contributed by atoms with Gasteiger partial charge in [0.05, 0.1) is 29.4 Å². The lowest BCUT2D eigenvalue weighted by Crippen LogP contribution is -2.35. The Kier molecular flexibility index (Phi) is 6.39. The fraction of sp³-hybridized carbons (Fsp3) is 0.417. The highest BCUT2D eigenvalue weighted by Crippen LogP contribution is 2.22. The van der Waals surface area contributed by atoms with Gasteiger partial charge in [0, 0.05) is 20.8 Å². The first kappa shape index (κ1) is 16.9. The van der Waals surface area contributed by atoms with Gasteiger partial charge in [0.25, 0.3) is 0 Å².